The van der Waals surface area contributed by atoms with Crippen molar-refractivity contribution in [1.29, 1.82) is 0 Å². The number of ether oxygens (including phenoxy) is 2. The fourth-order valence-corrected chi connectivity index (χ4v) is 2.31. The molecule has 0 atom stereocenters. The molecule has 0 aliphatic carbocycles. The van der Waals surface area contributed by atoms with E-state index in [2.05, 4.69) is 30.4 Å². The number of benzene rings is 1. The normalized spacial score (nSPS) is 13.9. The van der Waals surface area contributed by atoms with E-state index in [0.29, 0.717) is 0 Å². The lowest BCUT2D eigenvalue weighted by atomic mass is 10.0. The Balaban J connectivity index is 1.66. The van der Waals surface area contributed by atoms with E-state index in [-0.39, 0.29) is 0 Å². The lowest BCUT2D eigenvalue weighted by Gasteiger charge is -2.17. The van der Waals surface area contributed by atoms with E-state index >= 15 is 0 Å². The summed E-state index contributed by atoms with van der Waals surface area (Å²) in [6, 6.07) is 6.53. The van der Waals surface area contributed by atoms with Gasteiger partial charge in [0.1, 0.15) is 5.75 Å². The zero-order chi connectivity index (χ0) is 13.3. The molecule has 0 fully saturated rings. The van der Waals surface area contributed by atoms with E-state index in [9.17, 15) is 0 Å². The maximum atomic E-state index is 5.63. The largest absolute Gasteiger partial charge is 0.493 e. The van der Waals surface area contributed by atoms with Gasteiger partial charge in [0.05, 0.1) is 19.8 Å². The van der Waals surface area contributed by atoms with Crippen LogP contribution in [-0.2, 0) is 17.6 Å². The lowest BCUT2D eigenvalue weighted by Crippen LogP contribution is -2.20. The third kappa shape index (κ3) is 4.84. The summed E-state index contributed by atoms with van der Waals surface area (Å²) in [4.78, 5) is 0. The third-order valence-corrected chi connectivity index (χ3v) is 3.36. The van der Waals surface area contributed by atoms with Crippen molar-refractivity contribution in [1.82, 2.24) is 5.32 Å². The fraction of sp³-hybridized carbons (Fsp3) is 0.625. The standard InChI is InChI=1S/C16H25NO2/c1-2-8-17-9-12-18-11-7-14-5-6-16-15(13-14)4-3-10-19-16/h5-6,13,17H,2-4,7-12H2,1H3. The summed E-state index contributed by atoms with van der Waals surface area (Å²) in [7, 11) is 0. The predicted molar refractivity (Wildman–Crippen MR) is 77.9 cm³/mol. The second kappa shape index (κ2) is 8.18. The molecule has 0 bridgehead atoms. The van der Waals surface area contributed by atoms with Crippen molar-refractivity contribution in [2.75, 3.05) is 32.9 Å². The molecule has 0 amide bonds. The minimum absolute atomic E-state index is 0.799. The van der Waals surface area contributed by atoms with E-state index in [1.54, 1.807) is 0 Å². The maximum Gasteiger partial charge on any atom is 0.122 e. The Labute approximate surface area is 116 Å². The summed E-state index contributed by atoms with van der Waals surface area (Å²) in [5.41, 5.74) is 2.71. The summed E-state index contributed by atoms with van der Waals surface area (Å²) in [5, 5.41) is 3.33. The van der Waals surface area contributed by atoms with Crippen LogP contribution >= 0.6 is 0 Å². The van der Waals surface area contributed by atoms with E-state index in [4.69, 9.17) is 9.47 Å². The van der Waals surface area contributed by atoms with Crippen LogP contribution in [0.4, 0.5) is 0 Å². The second-order valence-corrected chi connectivity index (χ2v) is 5.01. The quantitative estimate of drug-likeness (QED) is 0.731. The topological polar surface area (TPSA) is 30.5 Å². The van der Waals surface area contributed by atoms with Gasteiger partial charge in [0.15, 0.2) is 0 Å². The molecule has 1 aromatic rings. The number of hydrogen-bond acceptors (Lipinski definition) is 3. The van der Waals surface area contributed by atoms with Crippen LogP contribution in [-0.4, -0.2) is 32.9 Å². The number of aryl methyl sites for hydroxylation is 1. The smallest absolute Gasteiger partial charge is 0.122 e. The Kier molecular flexibility index (Phi) is 6.18. The van der Waals surface area contributed by atoms with Crippen LogP contribution in [0.1, 0.15) is 30.9 Å². The van der Waals surface area contributed by atoms with Crippen molar-refractivity contribution < 1.29 is 9.47 Å². The Morgan fingerprint density at radius 2 is 2.21 bits per heavy atom. The molecule has 3 heteroatoms. The van der Waals surface area contributed by atoms with Gasteiger partial charge in [-0.25, -0.2) is 0 Å². The van der Waals surface area contributed by atoms with Crippen LogP contribution in [0.5, 0.6) is 5.75 Å². The summed E-state index contributed by atoms with van der Waals surface area (Å²) >= 11 is 0. The highest BCUT2D eigenvalue weighted by molar-refractivity contribution is 5.38. The van der Waals surface area contributed by atoms with Gasteiger partial charge in [0.25, 0.3) is 0 Å². The Morgan fingerprint density at radius 1 is 1.26 bits per heavy atom. The van der Waals surface area contributed by atoms with Crippen LogP contribution in [0, 0.1) is 0 Å². The van der Waals surface area contributed by atoms with Crippen molar-refractivity contribution in [3.63, 3.8) is 0 Å². The molecule has 1 aliphatic heterocycles. The zero-order valence-electron chi connectivity index (χ0n) is 11.9. The molecule has 1 aromatic carbocycles. The summed E-state index contributed by atoms with van der Waals surface area (Å²) < 4.78 is 11.3. The van der Waals surface area contributed by atoms with E-state index in [1.807, 2.05) is 0 Å². The molecule has 0 saturated heterocycles. The highest BCUT2D eigenvalue weighted by atomic mass is 16.5. The van der Waals surface area contributed by atoms with Gasteiger partial charge in [-0.2, -0.15) is 0 Å². The van der Waals surface area contributed by atoms with Crippen LogP contribution in [0.15, 0.2) is 18.2 Å². The SMILES string of the molecule is CCCNCCOCCc1ccc2c(c1)CCCO2. The first-order valence-corrected chi connectivity index (χ1v) is 7.43. The minimum atomic E-state index is 0.799. The van der Waals surface area contributed by atoms with Crippen molar-refractivity contribution in [3.05, 3.63) is 29.3 Å². The molecule has 0 aromatic heterocycles. The zero-order valence-corrected chi connectivity index (χ0v) is 11.9. The molecular formula is C16H25NO2. The molecule has 19 heavy (non-hydrogen) atoms. The van der Waals surface area contributed by atoms with Gasteiger partial charge < -0.3 is 14.8 Å². The molecule has 0 radical (unpaired) electrons. The number of fused-ring (bicyclic) bond motifs is 1. The van der Waals surface area contributed by atoms with Gasteiger partial charge in [-0.05, 0) is 49.4 Å². The fourth-order valence-electron chi connectivity index (χ4n) is 2.31. The Bertz CT molecular complexity index is 379. The summed E-state index contributed by atoms with van der Waals surface area (Å²) in [6.07, 6.45) is 4.44. The molecule has 2 rings (SSSR count). The van der Waals surface area contributed by atoms with Crippen LogP contribution in [0.2, 0.25) is 0 Å². The molecule has 0 unspecified atom stereocenters. The molecule has 1 heterocycles. The molecule has 0 spiro atoms. The summed E-state index contributed by atoms with van der Waals surface area (Å²) in [5.74, 6) is 1.07. The van der Waals surface area contributed by atoms with Crippen molar-refractivity contribution >= 4 is 0 Å². The van der Waals surface area contributed by atoms with Gasteiger partial charge in [-0.15, -0.1) is 0 Å². The van der Waals surface area contributed by atoms with Crippen molar-refractivity contribution in [3.8, 4) is 5.75 Å². The first kappa shape index (κ1) is 14.4. The molecule has 1 N–H and O–H groups in total. The molecule has 3 nitrogen and oxygen atoms in total. The van der Waals surface area contributed by atoms with Crippen molar-refractivity contribution in [2.45, 2.75) is 32.6 Å². The first-order chi connectivity index (χ1) is 9.40. The predicted octanol–water partition coefficient (Wildman–Crippen LogP) is 2.57. The number of nitrogens with one attached hydrogen (secondary N) is 1. The average Bonchev–Trinajstić information content (AvgIpc) is 2.46. The number of hydrogen-bond donors (Lipinski definition) is 1. The van der Waals surface area contributed by atoms with Gasteiger partial charge >= 0.3 is 0 Å². The summed E-state index contributed by atoms with van der Waals surface area (Å²) in [6.45, 7) is 6.66. The lowest BCUT2D eigenvalue weighted by molar-refractivity contribution is 0.139. The molecule has 0 saturated carbocycles. The average molecular weight is 263 g/mol. The second-order valence-electron chi connectivity index (χ2n) is 5.01. The Morgan fingerprint density at radius 3 is 3.11 bits per heavy atom. The van der Waals surface area contributed by atoms with Gasteiger partial charge in [0, 0.05) is 6.54 Å². The van der Waals surface area contributed by atoms with Gasteiger partial charge in [-0.1, -0.05) is 19.1 Å². The Hall–Kier alpha value is -1.06. The molecular weight excluding hydrogens is 238 g/mol. The maximum absolute atomic E-state index is 5.63. The monoisotopic (exact) mass is 263 g/mol. The van der Waals surface area contributed by atoms with E-state index in [1.165, 1.54) is 17.5 Å². The van der Waals surface area contributed by atoms with Crippen LogP contribution in [0.3, 0.4) is 0 Å². The highest BCUT2D eigenvalue weighted by Gasteiger charge is 2.10. The van der Waals surface area contributed by atoms with Gasteiger partial charge in [0.2, 0.25) is 0 Å². The van der Waals surface area contributed by atoms with E-state index in [0.717, 1.165) is 57.9 Å². The van der Waals surface area contributed by atoms with Crippen molar-refractivity contribution in [2.24, 2.45) is 0 Å². The van der Waals surface area contributed by atoms with Crippen LogP contribution < -0.4 is 10.1 Å². The first-order valence-electron chi connectivity index (χ1n) is 7.43. The highest BCUT2D eigenvalue weighted by Crippen LogP contribution is 2.25. The molecule has 106 valence electrons. The third-order valence-electron chi connectivity index (χ3n) is 3.36. The molecule has 1 aliphatic rings. The van der Waals surface area contributed by atoms with Gasteiger partial charge in [-0.3, -0.25) is 0 Å². The number of rotatable bonds is 8. The van der Waals surface area contributed by atoms with Crippen LogP contribution in [0.25, 0.3) is 0 Å². The van der Waals surface area contributed by atoms with E-state index < -0.39 is 0 Å². The minimum Gasteiger partial charge on any atom is -0.493 e.